The molecule has 1 amide bonds. The summed E-state index contributed by atoms with van der Waals surface area (Å²) in [5, 5.41) is 7.20. The van der Waals surface area contributed by atoms with Crippen LogP contribution in [0.1, 0.15) is 15.9 Å². The van der Waals surface area contributed by atoms with E-state index in [1.165, 1.54) is 16.0 Å². The first-order valence-electron chi connectivity index (χ1n) is 10.7. The van der Waals surface area contributed by atoms with Crippen molar-refractivity contribution in [2.24, 2.45) is 0 Å². The van der Waals surface area contributed by atoms with E-state index in [4.69, 9.17) is 0 Å². The summed E-state index contributed by atoms with van der Waals surface area (Å²) in [4.78, 5) is 27.6. The molecule has 0 spiro atoms. The molecule has 0 unspecified atom stereocenters. The molecule has 1 aliphatic rings. The van der Waals surface area contributed by atoms with Crippen LogP contribution in [0.25, 0.3) is 21.2 Å². The van der Waals surface area contributed by atoms with E-state index < -0.39 is 0 Å². The number of aryl methyl sites for hydroxylation is 1. The zero-order chi connectivity index (χ0) is 22.1. The third-order valence-corrected chi connectivity index (χ3v) is 6.91. The lowest BCUT2D eigenvalue weighted by Crippen LogP contribution is -2.44. The lowest BCUT2D eigenvalue weighted by atomic mass is 10.1. The predicted octanol–water partition coefficient (Wildman–Crippen LogP) is 4.67. The lowest BCUT2D eigenvalue weighted by Gasteiger charge is -2.33. The van der Waals surface area contributed by atoms with Crippen LogP contribution in [-0.2, 0) is 0 Å². The number of amides is 1. The van der Waals surface area contributed by atoms with Crippen molar-refractivity contribution in [2.45, 2.75) is 6.92 Å². The molecule has 1 saturated heterocycles. The number of benzene rings is 1. The smallest absolute Gasteiger partial charge is 0.257 e. The summed E-state index contributed by atoms with van der Waals surface area (Å²) in [6, 6.07) is 14.1. The van der Waals surface area contributed by atoms with E-state index in [-0.39, 0.29) is 5.91 Å². The number of thiophene rings is 1. The van der Waals surface area contributed by atoms with Crippen LogP contribution >= 0.6 is 11.3 Å². The van der Waals surface area contributed by atoms with Gasteiger partial charge in [-0.05, 0) is 66.2 Å². The molecular formula is C25H25N5OS. The highest BCUT2D eigenvalue weighted by molar-refractivity contribution is 7.13. The quantitative estimate of drug-likeness (QED) is 0.497. The molecule has 162 valence electrons. The van der Waals surface area contributed by atoms with Crippen molar-refractivity contribution in [3.8, 4) is 10.4 Å². The van der Waals surface area contributed by atoms with E-state index in [2.05, 4.69) is 68.7 Å². The number of rotatable bonds is 4. The molecule has 1 aliphatic heterocycles. The number of piperazine rings is 1. The highest BCUT2D eigenvalue weighted by Gasteiger charge is 2.17. The van der Waals surface area contributed by atoms with Crippen LogP contribution in [0, 0.1) is 6.92 Å². The Morgan fingerprint density at radius 1 is 1.00 bits per heavy atom. The fraction of sp³-hybridized carbons (Fsp3) is 0.240. The lowest BCUT2D eigenvalue weighted by molar-refractivity contribution is 0.102. The molecule has 32 heavy (non-hydrogen) atoms. The largest absolute Gasteiger partial charge is 0.354 e. The monoisotopic (exact) mass is 443 g/mol. The topological polar surface area (TPSA) is 61.4 Å². The van der Waals surface area contributed by atoms with Crippen molar-refractivity contribution < 1.29 is 4.79 Å². The van der Waals surface area contributed by atoms with Crippen molar-refractivity contribution in [3.05, 3.63) is 71.4 Å². The van der Waals surface area contributed by atoms with Crippen molar-refractivity contribution in [3.63, 3.8) is 0 Å². The second-order valence-corrected chi connectivity index (χ2v) is 9.18. The number of nitrogens with one attached hydrogen (secondary N) is 1. The Hall–Kier alpha value is -3.29. The molecule has 1 N–H and O–H groups in total. The van der Waals surface area contributed by atoms with E-state index in [1.54, 1.807) is 29.8 Å². The molecule has 6 nitrogen and oxygen atoms in total. The molecule has 1 aromatic carbocycles. The van der Waals surface area contributed by atoms with Gasteiger partial charge in [-0.1, -0.05) is 12.1 Å². The number of nitrogens with zero attached hydrogens (tertiary/aromatic N) is 4. The molecule has 0 saturated carbocycles. The molecule has 4 heterocycles. The minimum atomic E-state index is -0.181. The van der Waals surface area contributed by atoms with Gasteiger partial charge in [0.05, 0.1) is 0 Å². The second kappa shape index (κ2) is 8.68. The molecule has 5 rings (SSSR count). The highest BCUT2D eigenvalue weighted by atomic mass is 32.1. The number of hydrogen-bond donors (Lipinski definition) is 1. The summed E-state index contributed by atoms with van der Waals surface area (Å²) in [5.41, 5.74) is 3.02. The van der Waals surface area contributed by atoms with E-state index in [1.807, 2.05) is 12.1 Å². The Labute approximate surface area is 191 Å². The summed E-state index contributed by atoms with van der Waals surface area (Å²) in [6.07, 6.45) is 3.50. The summed E-state index contributed by atoms with van der Waals surface area (Å²) >= 11 is 1.74. The minimum absolute atomic E-state index is 0.181. The zero-order valence-electron chi connectivity index (χ0n) is 18.2. The van der Waals surface area contributed by atoms with Gasteiger partial charge in [-0.15, -0.1) is 11.3 Å². The third kappa shape index (κ3) is 4.35. The van der Waals surface area contributed by atoms with E-state index in [0.717, 1.165) is 42.8 Å². The van der Waals surface area contributed by atoms with Crippen LogP contribution in [0.15, 0.2) is 60.2 Å². The first-order chi connectivity index (χ1) is 15.5. The Balaban J connectivity index is 1.36. The van der Waals surface area contributed by atoms with Gasteiger partial charge in [0.1, 0.15) is 11.6 Å². The van der Waals surface area contributed by atoms with Crippen molar-refractivity contribution >= 4 is 39.7 Å². The fourth-order valence-electron chi connectivity index (χ4n) is 3.90. The average Bonchev–Trinajstić information content (AvgIpc) is 3.25. The van der Waals surface area contributed by atoms with Gasteiger partial charge < -0.3 is 15.1 Å². The SMILES string of the molecule is Cc1csc(-c2ccc3cnc(NC(=O)c4ccnc(N5CCN(C)CC5)c4)cc3c2)c1. The summed E-state index contributed by atoms with van der Waals surface area (Å²) in [7, 11) is 2.12. The maximum Gasteiger partial charge on any atom is 0.257 e. The van der Waals surface area contributed by atoms with Gasteiger partial charge in [0.2, 0.25) is 0 Å². The van der Waals surface area contributed by atoms with Crippen LogP contribution < -0.4 is 10.2 Å². The molecule has 0 radical (unpaired) electrons. The Morgan fingerprint density at radius 3 is 2.62 bits per heavy atom. The predicted molar refractivity (Wildman–Crippen MR) is 132 cm³/mol. The summed E-state index contributed by atoms with van der Waals surface area (Å²) in [6.45, 7) is 5.91. The molecule has 1 fully saturated rings. The van der Waals surface area contributed by atoms with Crippen LogP contribution in [-0.4, -0.2) is 54.0 Å². The normalized spacial score (nSPS) is 14.6. The van der Waals surface area contributed by atoms with Crippen molar-refractivity contribution in [1.82, 2.24) is 14.9 Å². The Bertz CT molecular complexity index is 1280. The molecule has 4 aromatic rings. The van der Waals surface area contributed by atoms with Crippen LogP contribution in [0.4, 0.5) is 11.6 Å². The fourth-order valence-corrected chi connectivity index (χ4v) is 4.80. The number of pyridine rings is 2. The van der Waals surface area contributed by atoms with Gasteiger partial charge in [0, 0.05) is 54.4 Å². The summed E-state index contributed by atoms with van der Waals surface area (Å²) < 4.78 is 0. The van der Waals surface area contributed by atoms with E-state index >= 15 is 0 Å². The molecule has 7 heteroatoms. The van der Waals surface area contributed by atoms with Gasteiger partial charge in [-0.25, -0.2) is 9.97 Å². The highest BCUT2D eigenvalue weighted by Crippen LogP contribution is 2.30. The van der Waals surface area contributed by atoms with Crippen LogP contribution in [0.3, 0.4) is 0 Å². The molecule has 3 aromatic heterocycles. The third-order valence-electron chi connectivity index (χ3n) is 5.81. The minimum Gasteiger partial charge on any atom is -0.354 e. The van der Waals surface area contributed by atoms with Crippen molar-refractivity contribution in [2.75, 3.05) is 43.4 Å². The number of carbonyl (C=O) groups is 1. The first kappa shape index (κ1) is 20.6. The van der Waals surface area contributed by atoms with Crippen LogP contribution in [0.2, 0.25) is 0 Å². The van der Waals surface area contributed by atoms with Gasteiger partial charge in [0.25, 0.3) is 5.91 Å². The maximum absolute atomic E-state index is 12.9. The van der Waals surface area contributed by atoms with Crippen molar-refractivity contribution in [1.29, 1.82) is 0 Å². The first-order valence-corrected chi connectivity index (χ1v) is 11.6. The Morgan fingerprint density at radius 2 is 1.84 bits per heavy atom. The van der Waals surface area contributed by atoms with E-state index in [9.17, 15) is 4.79 Å². The summed E-state index contributed by atoms with van der Waals surface area (Å²) in [5.74, 6) is 1.20. The zero-order valence-corrected chi connectivity index (χ0v) is 19.0. The van der Waals surface area contributed by atoms with Gasteiger partial charge in [0.15, 0.2) is 0 Å². The number of likely N-dealkylation sites (N-methyl/N-ethyl adjacent to an activating group) is 1. The van der Waals surface area contributed by atoms with Gasteiger partial charge >= 0.3 is 0 Å². The molecule has 0 aliphatic carbocycles. The van der Waals surface area contributed by atoms with E-state index in [0.29, 0.717) is 11.4 Å². The van der Waals surface area contributed by atoms with Gasteiger partial charge in [-0.2, -0.15) is 0 Å². The number of anilines is 2. The van der Waals surface area contributed by atoms with Gasteiger partial charge in [-0.3, -0.25) is 4.79 Å². The average molecular weight is 444 g/mol. The number of aromatic nitrogens is 2. The number of hydrogen-bond acceptors (Lipinski definition) is 6. The van der Waals surface area contributed by atoms with Crippen LogP contribution in [0.5, 0.6) is 0 Å². The second-order valence-electron chi connectivity index (χ2n) is 8.27. The number of carbonyl (C=O) groups excluding carboxylic acids is 1. The molecular weight excluding hydrogens is 418 g/mol. The maximum atomic E-state index is 12.9. The molecule has 0 atom stereocenters. The standard InChI is InChI=1S/C25H25N5OS/c1-17-11-22(32-16-17)18-3-4-20-15-27-23(13-21(20)12-18)28-25(31)19-5-6-26-24(14-19)30-9-7-29(2)8-10-30/h3-6,11-16H,7-10H2,1-2H3,(H,27,28,31). The Kier molecular flexibility index (Phi) is 5.59. The molecule has 0 bridgehead atoms. The number of fused-ring (bicyclic) bond motifs is 1.